The van der Waals surface area contributed by atoms with Crippen LogP contribution in [0, 0.1) is 11.8 Å². The third kappa shape index (κ3) is 5.42. The molecular weight excluding hydrogens is 286 g/mol. The zero-order valence-corrected chi connectivity index (χ0v) is 16.6. The molecule has 0 spiro atoms. The Bertz CT molecular complexity index is 372. The predicted molar refractivity (Wildman–Crippen MR) is 97.9 cm³/mol. The van der Waals surface area contributed by atoms with E-state index in [1.54, 1.807) is 0 Å². The van der Waals surface area contributed by atoms with Gasteiger partial charge in [-0.3, -0.25) is 9.80 Å². The van der Waals surface area contributed by atoms with Gasteiger partial charge in [-0.05, 0) is 54.5 Å². The first-order valence-electron chi connectivity index (χ1n) is 9.34. The molecule has 0 aromatic carbocycles. The second-order valence-electron chi connectivity index (χ2n) is 9.59. The van der Waals surface area contributed by atoms with Gasteiger partial charge in [-0.15, -0.1) is 0 Å². The molecule has 0 aromatic heterocycles. The molecule has 2 heterocycles. The Labute approximate surface area is 144 Å². The molecule has 0 saturated carbocycles. The Morgan fingerprint density at radius 1 is 0.739 bits per heavy atom. The topological polar surface area (TPSA) is 19.0 Å². The number of nitrogens with zero attached hydrogens (tertiary/aromatic N) is 3. The van der Waals surface area contributed by atoms with Crippen LogP contribution in [-0.2, 0) is 4.74 Å². The molecule has 4 heteroatoms. The van der Waals surface area contributed by atoms with E-state index in [4.69, 9.17) is 4.74 Å². The molecule has 0 radical (unpaired) electrons. The average Bonchev–Trinajstić information content (AvgIpc) is 2.75. The Morgan fingerprint density at radius 3 is 1.91 bits per heavy atom. The smallest absolute Gasteiger partial charge is 0.0593 e. The maximum absolute atomic E-state index is 6.00. The summed E-state index contributed by atoms with van der Waals surface area (Å²) in [7, 11) is 2.28. The van der Waals surface area contributed by atoms with Crippen molar-refractivity contribution in [1.29, 1.82) is 0 Å². The van der Waals surface area contributed by atoms with Crippen molar-refractivity contribution in [3.05, 3.63) is 0 Å². The van der Waals surface area contributed by atoms with Crippen LogP contribution in [-0.4, -0.2) is 85.3 Å². The van der Waals surface area contributed by atoms with E-state index in [0.717, 1.165) is 19.8 Å². The molecule has 2 saturated heterocycles. The van der Waals surface area contributed by atoms with E-state index in [9.17, 15) is 0 Å². The lowest BCUT2D eigenvalue weighted by molar-refractivity contribution is 0.0651. The summed E-state index contributed by atoms with van der Waals surface area (Å²) in [5, 5.41) is 0. The molecule has 0 bridgehead atoms. The Kier molecular flexibility index (Phi) is 6.15. The Morgan fingerprint density at radius 2 is 1.30 bits per heavy atom. The summed E-state index contributed by atoms with van der Waals surface area (Å²) in [4.78, 5) is 7.81. The second kappa shape index (κ2) is 7.38. The van der Waals surface area contributed by atoms with E-state index < -0.39 is 0 Å². The molecule has 0 aromatic rings. The van der Waals surface area contributed by atoms with E-state index in [0.29, 0.717) is 11.8 Å². The third-order valence-corrected chi connectivity index (χ3v) is 5.61. The lowest BCUT2D eigenvalue weighted by atomic mass is 9.89. The molecule has 23 heavy (non-hydrogen) atoms. The van der Waals surface area contributed by atoms with Gasteiger partial charge in [0.05, 0.1) is 13.2 Å². The first kappa shape index (κ1) is 19.2. The normalized spacial score (nSPS) is 30.9. The predicted octanol–water partition coefficient (Wildman–Crippen LogP) is 2.40. The van der Waals surface area contributed by atoms with Gasteiger partial charge in [0.25, 0.3) is 0 Å². The third-order valence-electron chi connectivity index (χ3n) is 5.61. The van der Waals surface area contributed by atoms with Gasteiger partial charge < -0.3 is 9.64 Å². The molecular formula is C19H39N3O. The van der Waals surface area contributed by atoms with Gasteiger partial charge in [0.2, 0.25) is 0 Å². The van der Waals surface area contributed by atoms with Crippen LogP contribution in [0.25, 0.3) is 0 Å². The first-order chi connectivity index (χ1) is 10.6. The number of hydrogen-bond acceptors (Lipinski definition) is 4. The summed E-state index contributed by atoms with van der Waals surface area (Å²) in [5.41, 5.74) is 0.477. The van der Waals surface area contributed by atoms with Crippen molar-refractivity contribution in [3.8, 4) is 0 Å². The van der Waals surface area contributed by atoms with Crippen LogP contribution in [0.1, 0.15) is 41.5 Å². The molecule has 0 aliphatic carbocycles. The molecule has 136 valence electrons. The summed E-state index contributed by atoms with van der Waals surface area (Å²) in [5.74, 6) is 1.31. The SMILES string of the molecule is CN1CCN(C(C)(C)C)CC(C2COCCN(C(C)(C)C)C2)C1. The highest BCUT2D eigenvalue weighted by Crippen LogP contribution is 2.27. The molecule has 4 nitrogen and oxygen atoms in total. The van der Waals surface area contributed by atoms with Gasteiger partial charge in [-0.1, -0.05) is 0 Å². The van der Waals surface area contributed by atoms with Gasteiger partial charge in [-0.25, -0.2) is 0 Å². The van der Waals surface area contributed by atoms with E-state index in [-0.39, 0.29) is 11.1 Å². The number of ether oxygens (including phenoxy) is 1. The van der Waals surface area contributed by atoms with E-state index >= 15 is 0 Å². The highest BCUT2D eigenvalue weighted by Gasteiger charge is 2.35. The standard InChI is InChI=1S/C19H39N3O/c1-18(2,3)21-9-8-20(7)12-16(13-21)17-14-22(19(4,5)6)10-11-23-15-17/h16-17H,8-15H2,1-7H3. The molecule has 2 fully saturated rings. The minimum absolute atomic E-state index is 0.228. The lowest BCUT2D eigenvalue weighted by Crippen LogP contribution is -2.49. The maximum Gasteiger partial charge on any atom is 0.0593 e. The average molecular weight is 326 g/mol. The van der Waals surface area contributed by atoms with Crippen LogP contribution in [0.4, 0.5) is 0 Å². The molecule has 2 unspecified atom stereocenters. The van der Waals surface area contributed by atoms with Crippen molar-refractivity contribution in [2.75, 3.05) is 59.5 Å². The van der Waals surface area contributed by atoms with Crippen LogP contribution < -0.4 is 0 Å². The second-order valence-corrected chi connectivity index (χ2v) is 9.59. The van der Waals surface area contributed by atoms with Crippen LogP contribution in [0.3, 0.4) is 0 Å². The van der Waals surface area contributed by atoms with Crippen molar-refractivity contribution in [1.82, 2.24) is 14.7 Å². The minimum Gasteiger partial charge on any atom is -0.380 e. The maximum atomic E-state index is 6.00. The fourth-order valence-electron chi connectivity index (χ4n) is 3.85. The van der Waals surface area contributed by atoms with Crippen LogP contribution in [0.5, 0.6) is 0 Å². The van der Waals surface area contributed by atoms with Crippen LogP contribution in [0.15, 0.2) is 0 Å². The Balaban J connectivity index is 2.12. The summed E-state index contributed by atoms with van der Waals surface area (Å²) >= 11 is 0. The van der Waals surface area contributed by atoms with E-state index in [1.807, 2.05) is 0 Å². The summed E-state index contributed by atoms with van der Waals surface area (Å²) in [6.07, 6.45) is 0. The highest BCUT2D eigenvalue weighted by atomic mass is 16.5. The first-order valence-corrected chi connectivity index (χ1v) is 9.34. The molecule has 2 atom stereocenters. The lowest BCUT2D eigenvalue weighted by Gasteiger charge is -2.40. The summed E-state index contributed by atoms with van der Waals surface area (Å²) < 4.78 is 6.00. The quantitative estimate of drug-likeness (QED) is 0.737. The van der Waals surface area contributed by atoms with Crippen molar-refractivity contribution >= 4 is 0 Å². The number of hydrogen-bond donors (Lipinski definition) is 0. The fraction of sp³-hybridized carbons (Fsp3) is 1.00. The molecule has 2 aliphatic heterocycles. The Hall–Kier alpha value is -0.160. The van der Waals surface area contributed by atoms with Crippen molar-refractivity contribution in [3.63, 3.8) is 0 Å². The van der Waals surface area contributed by atoms with E-state index in [2.05, 4.69) is 63.3 Å². The highest BCUT2D eigenvalue weighted by molar-refractivity contribution is 4.89. The van der Waals surface area contributed by atoms with Gasteiger partial charge >= 0.3 is 0 Å². The fourth-order valence-corrected chi connectivity index (χ4v) is 3.85. The van der Waals surface area contributed by atoms with Gasteiger partial charge in [-0.2, -0.15) is 0 Å². The summed E-state index contributed by atoms with van der Waals surface area (Å²) in [6.45, 7) is 22.8. The van der Waals surface area contributed by atoms with Crippen molar-refractivity contribution in [2.45, 2.75) is 52.6 Å². The van der Waals surface area contributed by atoms with Gasteiger partial charge in [0, 0.05) is 56.3 Å². The van der Waals surface area contributed by atoms with Gasteiger partial charge in [0.15, 0.2) is 0 Å². The van der Waals surface area contributed by atoms with Crippen LogP contribution in [0.2, 0.25) is 0 Å². The molecule has 2 aliphatic rings. The summed E-state index contributed by atoms with van der Waals surface area (Å²) in [6, 6.07) is 0. The zero-order valence-electron chi connectivity index (χ0n) is 16.6. The number of likely N-dealkylation sites (N-methyl/N-ethyl adjacent to an activating group) is 1. The van der Waals surface area contributed by atoms with Gasteiger partial charge in [0.1, 0.15) is 0 Å². The zero-order chi connectivity index (χ0) is 17.3. The van der Waals surface area contributed by atoms with Crippen molar-refractivity contribution in [2.24, 2.45) is 11.8 Å². The minimum atomic E-state index is 0.228. The van der Waals surface area contributed by atoms with E-state index in [1.165, 1.54) is 32.7 Å². The largest absolute Gasteiger partial charge is 0.380 e. The van der Waals surface area contributed by atoms with Crippen LogP contribution >= 0.6 is 0 Å². The molecule has 0 amide bonds. The molecule has 2 rings (SSSR count). The van der Waals surface area contributed by atoms with Crippen molar-refractivity contribution < 1.29 is 4.74 Å². The monoisotopic (exact) mass is 325 g/mol. The molecule has 0 N–H and O–H groups in total. The number of rotatable bonds is 1.